The van der Waals surface area contributed by atoms with Crippen LogP contribution in [0.3, 0.4) is 0 Å². The number of hydrogen-bond acceptors (Lipinski definition) is 1. The third kappa shape index (κ3) is 8.46. The van der Waals surface area contributed by atoms with Gasteiger partial charge in [0.1, 0.15) is 0 Å². The first-order chi connectivity index (χ1) is 11.2. The molecule has 1 unspecified atom stereocenters. The Kier molecular flexibility index (Phi) is 10.9. The molecule has 2 rings (SSSR count). The highest BCUT2D eigenvalue weighted by molar-refractivity contribution is 7.84. The zero-order valence-corrected chi connectivity index (χ0v) is 16.1. The molecule has 1 heteroatoms. The van der Waals surface area contributed by atoms with Gasteiger partial charge in [-0.15, -0.1) is 12.6 Å². The van der Waals surface area contributed by atoms with E-state index < -0.39 is 0 Å². The zero-order chi connectivity index (χ0) is 16.9. The lowest BCUT2D eigenvalue weighted by Gasteiger charge is -2.21. The van der Waals surface area contributed by atoms with Crippen LogP contribution in [0.1, 0.15) is 72.1 Å². The van der Waals surface area contributed by atoms with Gasteiger partial charge < -0.3 is 0 Å². The second-order valence-electron chi connectivity index (χ2n) is 6.47. The molecular weight excluding hydrogens is 296 g/mol. The average Bonchev–Trinajstić information content (AvgIpc) is 2.86. The molecule has 1 aliphatic carbocycles. The molecule has 0 aromatic heterocycles. The molecule has 0 saturated carbocycles. The summed E-state index contributed by atoms with van der Waals surface area (Å²) < 4.78 is 0. The Hall–Kier alpha value is -0.950. The minimum Gasteiger partial charge on any atom is -0.148 e. The van der Waals surface area contributed by atoms with Gasteiger partial charge in [-0.1, -0.05) is 80.3 Å². The first kappa shape index (κ1) is 20.1. The van der Waals surface area contributed by atoms with Crippen LogP contribution in [0.15, 0.2) is 58.5 Å². The summed E-state index contributed by atoms with van der Waals surface area (Å²) in [5, 5.41) is 0. The molecule has 0 N–H and O–H groups in total. The second-order valence-corrected chi connectivity index (χ2v) is 7.14. The molecule has 1 aliphatic rings. The maximum Gasteiger partial charge on any atom is -0.00107 e. The van der Waals surface area contributed by atoms with Crippen LogP contribution in [-0.2, 0) is 0 Å². The standard InChI is InChI=1S/C16H28S.C6H6/c1-4-5-12-16(14(3)17)13(2)15-10-8-6-7-9-11-15;1-2-4-6-5-3-1/h10,13,17H,4-9,11-12H2,1-3H3;1-6H/b16-14+;. The van der Waals surface area contributed by atoms with Crippen LogP contribution in [-0.4, -0.2) is 0 Å². The molecule has 1 aromatic rings. The Morgan fingerprint density at radius 1 is 1.04 bits per heavy atom. The average molecular weight is 331 g/mol. The van der Waals surface area contributed by atoms with E-state index in [2.05, 4.69) is 39.5 Å². The predicted octanol–water partition coefficient (Wildman–Crippen LogP) is 7.59. The summed E-state index contributed by atoms with van der Waals surface area (Å²) in [7, 11) is 0. The van der Waals surface area contributed by atoms with Crippen LogP contribution in [0, 0.1) is 5.92 Å². The SMILES string of the molecule is CCCC/C(=C(/C)S)C(C)C1=CCCCCC1.c1ccccc1. The van der Waals surface area contributed by atoms with Gasteiger partial charge in [-0.3, -0.25) is 0 Å². The highest BCUT2D eigenvalue weighted by atomic mass is 32.1. The molecule has 0 radical (unpaired) electrons. The van der Waals surface area contributed by atoms with Crippen LogP contribution in [0.4, 0.5) is 0 Å². The fourth-order valence-corrected chi connectivity index (χ4v) is 3.43. The van der Waals surface area contributed by atoms with Gasteiger partial charge >= 0.3 is 0 Å². The number of hydrogen-bond donors (Lipinski definition) is 1. The van der Waals surface area contributed by atoms with E-state index in [9.17, 15) is 0 Å². The zero-order valence-electron chi connectivity index (χ0n) is 15.2. The summed E-state index contributed by atoms with van der Waals surface area (Å²) in [4.78, 5) is 1.25. The van der Waals surface area contributed by atoms with Gasteiger partial charge in [-0.05, 0) is 56.3 Å². The van der Waals surface area contributed by atoms with Gasteiger partial charge in [-0.2, -0.15) is 0 Å². The van der Waals surface area contributed by atoms with Crippen molar-refractivity contribution in [2.75, 3.05) is 0 Å². The fourth-order valence-electron chi connectivity index (χ4n) is 3.12. The lowest BCUT2D eigenvalue weighted by Crippen LogP contribution is -2.05. The number of allylic oxidation sites excluding steroid dienone is 4. The molecule has 0 fully saturated rings. The Balaban J connectivity index is 0.000000366. The molecule has 0 saturated heterocycles. The predicted molar refractivity (Wildman–Crippen MR) is 108 cm³/mol. The van der Waals surface area contributed by atoms with Crippen molar-refractivity contribution in [1.82, 2.24) is 0 Å². The van der Waals surface area contributed by atoms with Crippen molar-refractivity contribution in [3.05, 3.63) is 58.5 Å². The topological polar surface area (TPSA) is 0 Å². The summed E-state index contributed by atoms with van der Waals surface area (Å²) >= 11 is 4.60. The summed E-state index contributed by atoms with van der Waals surface area (Å²) in [6, 6.07) is 12.0. The third-order valence-corrected chi connectivity index (χ3v) is 4.87. The molecule has 128 valence electrons. The third-order valence-electron chi connectivity index (χ3n) is 4.59. The van der Waals surface area contributed by atoms with Crippen molar-refractivity contribution >= 4 is 12.6 Å². The summed E-state index contributed by atoms with van der Waals surface area (Å²) in [6.45, 7) is 6.80. The van der Waals surface area contributed by atoms with Gasteiger partial charge in [-0.25, -0.2) is 0 Å². The Bertz CT molecular complexity index is 439. The molecule has 0 nitrogen and oxygen atoms in total. The Morgan fingerprint density at radius 3 is 2.17 bits per heavy atom. The first-order valence-electron chi connectivity index (χ1n) is 9.24. The Morgan fingerprint density at radius 2 is 1.65 bits per heavy atom. The molecule has 23 heavy (non-hydrogen) atoms. The Labute approximate surface area is 149 Å². The van der Waals surface area contributed by atoms with Crippen molar-refractivity contribution < 1.29 is 0 Å². The van der Waals surface area contributed by atoms with E-state index in [1.165, 1.54) is 56.3 Å². The minimum atomic E-state index is 0.622. The van der Waals surface area contributed by atoms with Crippen LogP contribution in [0.5, 0.6) is 0 Å². The largest absolute Gasteiger partial charge is 0.148 e. The maximum atomic E-state index is 4.60. The van der Waals surface area contributed by atoms with Gasteiger partial charge in [0.15, 0.2) is 0 Å². The van der Waals surface area contributed by atoms with Gasteiger partial charge in [0.05, 0.1) is 0 Å². The molecular formula is C22H34S. The van der Waals surface area contributed by atoms with Crippen LogP contribution >= 0.6 is 12.6 Å². The number of thiol groups is 1. The number of benzene rings is 1. The molecule has 0 aliphatic heterocycles. The van der Waals surface area contributed by atoms with E-state index in [1.807, 2.05) is 36.4 Å². The van der Waals surface area contributed by atoms with Gasteiger partial charge in [0, 0.05) is 0 Å². The molecule has 0 bridgehead atoms. The van der Waals surface area contributed by atoms with E-state index in [0.717, 1.165) is 0 Å². The van der Waals surface area contributed by atoms with E-state index in [0.29, 0.717) is 5.92 Å². The summed E-state index contributed by atoms with van der Waals surface area (Å²) in [5.41, 5.74) is 3.24. The molecule has 0 spiro atoms. The highest BCUT2D eigenvalue weighted by Gasteiger charge is 2.16. The quantitative estimate of drug-likeness (QED) is 0.417. The normalized spacial score (nSPS) is 17.1. The van der Waals surface area contributed by atoms with Crippen molar-refractivity contribution in [1.29, 1.82) is 0 Å². The van der Waals surface area contributed by atoms with Crippen LogP contribution < -0.4 is 0 Å². The van der Waals surface area contributed by atoms with Crippen molar-refractivity contribution in [2.45, 2.75) is 72.1 Å². The number of rotatable bonds is 5. The fraction of sp³-hybridized carbons (Fsp3) is 0.545. The van der Waals surface area contributed by atoms with Gasteiger partial charge in [0.2, 0.25) is 0 Å². The monoisotopic (exact) mass is 330 g/mol. The van der Waals surface area contributed by atoms with Crippen molar-refractivity contribution in [3.8, 4) is 0 Å². The highest BCUT2D eigenvalue weighted by Crippen LogP contribution is 2.33. The van der Waals surface area contributed by atoms with Crippen molar-refractivity contribution in [3.63, 3.8) is 0 Å². The molecule has 0 amide bonds. The molecule has 1 aromatic carbocycles. The number of unbranched alkanes of at least 4 members (excludes halogenated alkanes) is 1. The van der Waals surface area contributed by atoms with E-state index in [4.69, 9.17) is 0 Å². The second kappa shape index (κ2) is 12.5. The maximum absolute atomic E-state index is 4.60. The van der Waals surface area contributed by atoms with Crippen LogP contribution in [0.2, 0.25) is 0 Å². The van der Waals surface area contributed by atoms with E-state index >= 15 is 0 Å². The molecule has 0 heterocycles. The van der Waals surface area contributed by atoms with Gasteiger partial charge in [0.25, 0.3) is 0 Å². The van der Waals surface area contributed by atoms with E-state index in [-0.39, 0.29) is 0 Å². The summed E-state index contributed by atoms with van der Waals surface area (Å²) in [6.07, 6.45) is 13.0. The lowest BCUT2D eigenvalue weighted by atomic mass is 9.87. The van der Waals surface area contributed by atoms with E-state index in [1.54, 1.807) is 11.1 Å². The molecule has 1 atom stereocenters. The minimum absolute atomic E-state index is 0.622. The van der Waals surface area contributed by atoms with Crippen molar-refractivity contribution in [2.24, 2.45) is 5.92 Å². The van der Waals surface area contributed by atoms with Crippen LogP contribution in [0.25, 0.3) is 0 Å². The summed E-state index contributed by atoms with van der Waals surface area (Å²) in [5.74, 6) is 0.622. The first-order valence-corrected chi connectivity index (χ1v) is 9.69. The smallest absolute Gasteiger partial charge is 0.00107 e. The lowest BCUT2D eigenvalue weighted by molar-refractivity contribution is 0.644.